The Hall–Kier alpha value is -3.91. The molecular formula is C29H32F2N7OW-. The van der Waals surface area contributed by atoms with E-state index in [0.29, 0.717) is 41.4 Å². The van der Waals surface area contributed by atoms with E-state index in [-0.39, 0.29) is 45.2 Å². The van der Waals surface area contributed by atoms with Crippen LogP contribution in [0.25, 0.3) is 5.73 Å². The summed E-state index contributed by atoms with van der Waals surface area (Å²) < 4.78 is 27.6. The molecule has 2 heterocycles. The second-order valence-corrected chi connectivity index (χ2v) is 8.50. The molecule has 0 aliphatic carbocycles. The molecule has 8 nitrogen and oxygen atoms in total. The van der Waals surface area contributed by atoms with Crippen LogP contribution < -0.4 is 5.32 Å². The van der Waals surface area contributed by atoms with Crippen LogP contribution in [0.15, 0.2) is 78.2 Å². The van der Waals surface area contributed by atoms with Crippen molar-refractivity contribution in [2.24, 2.45) is 12.1 Å². The number of amides is 1. The molecule has 40 heavy (non-hydrogen) atoms. The smallest absolute Gasteiger partial charge is 0.230 e. The number of rotatable bonds is 5. The molecule has 1 aromatic heterocycles. The number of carbonyl (C=O) groups is 1. The molecule has 1 atom stereocenters. The fourth-order valence-corrected chi connectivity index (χ4v) is 4.11. The summed E-state index contributed by atoms with van der Waals surface area (Å²) in [6.07, 6.45) is 2.13. The molecule has 0 saturated carbocycles. The van der Waals surface area contributed by atoms with Crippen LogP contribution in [0.3, 0.4) is 0 Å². The summed E-state index contributed by atoms with van der Waals surface area (Å²) in [7, 11) is 1.80. The van der Waals surface area contributed by atoms with Gasteiger partial charge in [-0.3, -0.25) is 9.48 Å². The summed E-state index contributed by atoms with van der Waals surface area (Å²) in [5, 5.41) is 13.4. The second kappa shape index (κ2) is 15.6. The standard InChI is InChI=1S/C21H21FN7O.C6H5F.C2H6.W/c1-13-7-15(22)8-18-19(13)20(17(9-24-18)21-25-11-26-28(21)2)27-29(12-30)10-14-3-5-16(23)6-4-14;7-6-4-2-1-3-5-6;1-2;/h3-8,11-12,17,23H,9-10H2,1-2H3,(H,24,27);1-5H;1-2H3;/q-1;;;. The van der Waals surface area contributed by atoms with Crippen molar-refractivity contribution in [3.8, 4) is 0 Å². The van der Waals surface area contributed by atoms with Crippen molar-refractivity contribution >= 4 is 23.5 Å². The van der Waals surface area contributed by atoms with E-state index in [2.05, 4.69) is 20.5 Å². The molecule has 0 bridgehead atoms. The van der Waals surface area contributed by atoms with E-state index in [0.717, 1.165) is 11.1 Å². The second-order valence-electron chi connectivity index (χ2n) is 8.50. The van der Waals surface area contributed by atoms with Gasteiger partial charge in [-0.2, -0.15) is 10.2 Å². The zero-order valence-corrected chi connectivity index (χ0v) is 25.7. The van der Waals surface area contributed by atoms with Gasteiger partial charge in [0.25, 0.3) is 0 Å². The Balaban J connectivity index is 0.000000484. The van der Waals surface area contributed by atoms with Crippen LogP contribution in [-0.2, 0) is 39.5 Å². The van der Waals surface area contributed by atoms with Gasteiger partial charge in [-0.05, 0) is 42.3 Å². The number of aromatic nitrogens is 3. The van der Waals surface area contributed by atoms with Gasteiger partial charge in [0.1, 0.15) is 23.8 Å². The summed E-state index contributed by atoms with van der Waals surface area (Å²) in [5.74, 6) is -0.0901. The number of anilines is 1. The Kier molecular flexibility index (Phi) is 12.6. The number of fused-ring (bicyclic) bond motifs is 1. The zero-order valence-electron chi connectivity index (χ0n) is 22.8. The molecule has 210 valence electrons. The van der Waals surface area contributed by atoms with Gasteiger partial charge in [0.15, 0.2) is 0 Å². The van der Waals surface area contributed by atoms with Crippen molar-refractivity contribution in [2.45, 2.75) is 33.2 Å². The Labute approximate surface area is 247 Å². The van der Waals surface area contributed by atoms with Crippen molar-refractivity contribution in [2.75, 3.05) is 11.9 Å². The molecule has 5 rings (SSSR count). The van der Waals surface area contributed by atoms with Crippen LogP contribution >= 0.6 is 0 Å². The molecule has 0 saturated heterocycles. The summed E-state index contributed by atoms with van der Waals surface area (Å²) in [6.45, 7) is 6.51. The Morgan fingerprint density at radius 3 is 2.33 bits per heavy atom. The predicted molar refractivity (Wildman–Crippen MR) is 150 cm³/mol. The first-order chi connectivity index (χ1) is 18.9. The third-order valence-corrected chi connectivity index (χ3v) is 5.83. The summed E-state index contributed by atoms with van der Waals surface area (Å²) in [6, 6.07) is 17.7. The van der Waals surface area contributed by atoms with Crippen molar-refractivity contribution in [3.63, 3.8) is 0 Å². The molecule has 0 spiro atoms. The third kappa shape index (κ3) is 8.29. The average molecular weight is 716 g/mol. The van der Waals surface area contributed by atoms with Gasteiger partial charge in [-0.1, -0.05) is 56.3 Å². The van der Waals surface area contributed by atoms with Gasteiger partial charge in [0, 0.05) is 45.9 Å². The van der Waals surface area contributed by atoms with Gasteiger partial charge in [-0.15, -0.1) is 5.69 Å². The topological polar surface area (TPSA) is 99.2 Å². The number of hydrogen-bond donors (Lipinski definition) is 1. The van der Waals surface area contributed by atoms with Crippen molar-refractivity contribution in [1.82, 2.24) is 19.8 Å². The van der Waals surface area contributed by atoms with Crippen molar-refractivity contribution < 1.29 is 34.6 Å². The first-order valence-corrected chi connectivity index (χ1v) is 12.6. The summed E-state index contributed by atoms with van der Waals surface area (Å²) in [4.78, 5) is 16.2. The maximum Gasteiger partial charge on any atom is 0.230 e. The SMILES string of the molecule is CC.Cc1cc(F)cc2c1/C(=N\N(C=O)Cc1ccc([NH-])cc1)C(c1ncnn1C)CN2.Fc1ccccc1.[W]. The number of benzene rings is 3. The van der Waals surface area contributed by atoms with E-state index in [1.807, 2.05) is 20.8 Å². The minimum atomic E-state index is -0.335. The van der Waals surface area contributed by atoms with Gasteiger partial charge in [-0.25, -0.2) is 18.8 Å². The maximum absolute atomic E-state index is 14.0. The molecule has 1 amide bonds. The number of hydrogen-bond acceptors (Lipinski definition) is 5. The fourth-order valence-electron chi connectivity index (χ4n) is 4.11. The first-order valence-electron chi connectivity index (χ1n) is 12.6. The number of carbonyl (C=O) groups excluding carboxylic acids is 1. The Morgan fingerprint density at radius 1 is 1.10 bits per heavy atom. The number of nitrogens with zero attached hydrogens (tertiary/aromatic N) is 5. The molecule has 1 unspecified atom stereocenters. The van der Waals surface area contributed by atoms with Gasteiger partial charge < -0.3 is 11.1 Å². The number of aryl methyl sites for hydroxylation is 2. The van der Waals surface area contributed by atoms with Gasteiger partial charge in [0.2, 0.25) is 6.41 Å². The number of nitrogens with one attached hydrogen (secondary N) is 2. The quantitative estimate of drug-likeness (QED) is 0.192. The molecule has 1 aliphatic heterocycles. The Bertz CT molecular complexity index is 1400. The van der Waals surface area contributed by atoms with Crippen LogP contribution in [0.2, 0.25) is 0 Å². The predicted octanol–water partition coefficient (Wildman–Crippen LogP) is 6.37. The normalized spacial score (nSPS) is 14.2. The summed E-state index contributed by atoms with van der Waals surface area (Å²) >= 11 is 0. The first kappa shape index (κ1) is 32.3. The van der Waals surface area contributed by atoms with E-state index in [4.69, 9.17) is 5.73 Å². The maximum atomic E-state index is 14.0. The zero-order chi connectivity index (χ0) is 28.4. The third-order valence-electron chi connectivity index (χ3n) is 5.83. The van der Waals surface area contributed by atoms with Crippen LogP contribution in [-0.4, -0.2) is 38.4 Å². The average Bonchev–Trinajstić information content (AvgIpc) is 3.36. The van der Waals surface area contributed by atoms with E-state index in [1.54, 1.807) is 54.2 Å². The van der Waals surface area contributed by atoms with E-state index >= 15 is 0 Å². The van der Waals surface area contributed by atoms with Crippen LogP contribution in [0, 0.1) is 18.6 Å². The molecule has 4 aromatic rings. The van der Waals surface area contributed by atoms with Gasteiger partial charge >= 0.3 is 0 Å². The molecule has 3 aromatic carbocycles. The molecule has 1 aliphatic rings. The van der Waals surface area contributed by atoms with Crippen molar-refractivity contribution in [3.05, 3.63) is 113 Å². The minimum Gasteiger partial charge on any atom is -0.699 e. The molecule has 0 fully saturated rings. The van der Waals surface area contributed by atoms with E-state index in [9.17, 15) is 13.6 Å². The fraction of sp³-hybridized carbons (Fsp3) is 0.241. The van der Waals surface area contributed by atoms with Gasteiger partial charge in [0.05, 0.1) is 18.2 Å². The van der Waals surface area contributed by atoms with E-state index in [1.165, 1.54) is 35.6 Å². The molecule has 11 heteroatoms. The number of hydrazone groups is 1. The number of halogens is 2. The minimum absolute atomic E-state index is 0. The summed E-state index contributed by atoms with van der Waals surface area (Å²) in [5.41, 5.74) is 11.6. The molecule has 2 N–H and O–H groups in total. The molecular weight excluding hydrogens is 684 g/mol. The van der Waals surface area contributed by atoms with Crippen molar-refractivity contribution in [1.29, 1.82) is 0 Å². The van der Waals surface area contributed by atoms with Crippen LogP contribution in [0.1, 0.15) is 42.3 Å². The Morgan fingerprint density at radius 2 is 1.77 bits per heavy atom. The largest absolute Gasteiger partial charge is 0.699 e. The van der Waals surface area contributed by atoms with E-state index < -0.39 is 0 Å². The molecule has 0 radical (unpaired) electrons. The monoisotopic (exact) mass is 716 g/mol. The van der Waals surface area contributed by atoms with Crippen LogP contribution in [0.4, 0.5) is 20.2 Å². The van der Waals surface area contributed by atoms with Crippen LogP contribution in [0.5, 0.6) is 0 Å².